The number of hydrogen-bond donors (Lipinski definition) is 0. The molecule has 146 valence electrons. The van der Waals surface area contributed by atoms with Gasteiger partial charge in [0.25, 0.3) is 5.91 Å². The third-order valence-electron chi connectivity index (χ3n) is 3.92. The number of aryl methyl sites for hydroxylation is 1. The standard InChI is InChI=1S/C20H18BrClN2O4/c1-13-10-15(5-6-17(13)22)24(9-3-8-23)19(25)12-28-20(26)14-4-7-18(27-2)16(21)11-14/h4-7,10-11H,3,9,12H2,1-2H3. The predicted molar refractivity (Wildman–Crippen MR) is 110 cm³/mol. The number of amides is 1. The Kier molecular flexibility index (Phi) is 7.85. The molecule has 0 heterocycles. The average Bonchev–Trinajstić information content (AvgIpc) is 2.68. The molecular formula is C20H18BrClN2O4. The fourth-order valence-corrected chi connectivity index (χ4v) is 3.10. The maximum atomic E-state index is 12.6. The number of nitrogens with zero attached hydrogens (tertiary/aromatic N) is 2. The second kappa shape index (κ2) is 10.1. The highest BCUT2D eigenvalue weighted by Gasteiger charge is 2.19. The molecule has 6 nitrogen and oxygen atoms in total. The zero-order valence-electron chi connectivity index (χ0n) is 15.4. The van der Waals surface area contributed by atoms with Crippen LogP contribution in [-0.2, 0) is 9.53 Å². The van der Waals surface area contributed by atoms with E-state index in [1.54, 1.807) is 36.4 Å². The molecule has 8 heteroatoms. The van der Waals surface area contributed by atoms with Crippen LogP contribution in [-0.4, -0.2) is 32.1 Å². The maximum Gasteiger partial charge on any atom is 0.338 e. The third-order valence-corrected chi connectivity index (χ3v) is 4.96. The van der Waals surface area contributed by atoms with Crippen molar-refractivity contribution in [3.05, 3.63) is 57.0 Å². The van der Waals surface area contributed by atoms with Crippen molar-refractivity contribution in [3.63, 3.8) is 0 Å². The van der Waals surface area contributed by atoms with E-state index in [1.807, 2.05) is 13.0 Å². The van der Waals surface area contributed by atoms with Crippen LogP contribution in [0.3, 0.4) is 0 Å². The van der Waals surface area contributed by atoms with Gasteiger partial charge in [0.05, 0.1) is 29.6 Å². The van der Waals surface area contributed by atoms with E-state index in [-0.39, 0.29) is 18.5 Å². The molecule has 0 aliphatic carbocycles. The summed E-state index contributed by atoms with van der Waals surface area (Å²) < 4.78 is 10.9. The average molecular weight is 466 g/mol. The van der Waals surface area contributed by atoms with Gasteiger partial charge in [0.15, 0.2) is 6.61 Å². The lowest BCUT2D eigenvalue weighted by Gasteiger charge is -2.22. The van der Waals surface area contributed by atoms with Crippen molar-refractivity contribution in [3.8, 4) is 11.8 Å². The lowest BCUT2D eigenvalue weighted by molar-refractivity contribution is -0.121. The van der Waals surface area contributed by atoms with Gasteiger partial charge in [-0.2, -0.15) is 5.26 Å². The highest BCUT2D eigenvalue weighted by molar-refractivity contribution is 9.10. The van der Waals surface area contributed by atoms with Gasteiger partial charge >= 0.3 is 5.97 Å². The maximum absolute atomic E-state index is 12.6. The Morgan fingerprint density at radius 3 is 2.61 bits per heavy atom. The van der Waals surface area contributed by atoms with Gasteiger partial charge in [-0.05, 0) is 64.8 Å². The molecule has 28 heavy (non-hydrogen) atoms. The van der Waals surface area contributed by atoms with Crippen LogP contribution in [0.25, 0.3) is 0 Å². The summed E-state index contributed by atoms with van der Waals surface area (Å²) in [5.41, 5.74) is 1.67. The van der Waals surface area contributed by atoms with Gasteiger partial charge in [0.1, 0.15) is 5.75 Å². The second-order valence-electron chi connectivity index (χ2n) is 5.81. The van der Waals surface area contributed by atoms with E-state index in [0.29, 0.717) is 20.9 Å². The van der Waals surface area contributed by atoms with E-state index < -0.39 is 18.5 Å². The number of halogens is 2. The molecule has 0 saturated heterocycles. The topological polar surface area (TPSA) is 79.6 Å². The number of carbonyl (C=O) groups is 2. The first-order chi connectivity index (χ1) is 13.4. The molecule has 2 aromatic carbocycles. The minimum Gasteiger partial charge on any atom is -0.496 e. The Labute approximate surface area is 176 Å². The Balaban J connectivity index is 2.10. The summed E-state index contributed by atoms with van der Waals surface area (Å²) in [4.78, 5) is 26.3. The number of rotatable bonds is 7. The second-order valence-corrected chi connectivity index (χ2v) is 7.07. The summed E-state index contributed by atoms with van der Waals surface area (Å²) in [6, 6.07) is 11.9. The fraction of sp³-hybridized carbons (Fsp3) is 0.250. The zero-order chi connectivity index (χ0) is 20.7. The van der Waals surface area contributed by atoms with E-state index >= 15 is 0 Å². The molecule has 0 N–H and O–H groups in total. The SMILES string of the molecule is COc1ccc(C(=O)OCC(=O)N(CCC#N)c2ccc(Cl)c(C)c2)cc1Br. The van der Waals surface area contributed by atoms with Gasteiger partial charge in [-0.3, -0.25) is 4.79 Å². The smallest absolute Gasteiger partial charge is 0.338 e. The molecule has 2 rings (SSSR count). The summed E-state index contributed by atoms with van der Waals surface area (Å²) in [5.74, 6) is -0.490. The number of ether oxygens (including phenoxy) is 2. The summed E-state index contributed by atoms with van der Waals surface area (Å²) in [5, 5.41) is 9.45. The highest BCUT2D eigenvalue weighted by Crippen LogP contribution is 2.26. The highest BCUT2D eigenvalue weighted by atomic mass is 79.9. The Morgan fingerprint density at radius 2 is 2.00 bits per heavy atom. The van der Waals surface area contributed by atoms with Crippen molar-refractivity contribution >= 4 is 45.1 Å². The minimum absolute atomic E-state index is 0.146. The number of anilines is 1. The van der Waals surface area contributed by atoms with E-state index in [0.717, 1.165) is 5.56 Å². The molecule has 0 aliphatic heterocycles. The zero-order valence-corrected chi connectivity index (χ0v) is 17.7. The van der Waals surface area contributed by atoms with Crippen molar-refractivity contribution in [1.82, 2.24) is 0 Å². The van der Waals surface area contributed by atoms with E-state index in [4.69, 9.17) is 26.3 Å². The molecule has 0 aromatic heterocycles. The van der Waals surface area contributed by atoms with Crippen LogP contribution in [0.4, 0.5) is 5.69 Å². The lowest BCUT2D eigenvalue weighted by Crippen LogP contribution is -2.35. The number of nitriles is 1. The Morgan fingerprint density at radius 1 is 1.25 bits per heavy atom. The summed E-state index contributed by atoms with van der Waals surface area (Å²) >= 11 is 9.34. The van der Waals surface area contributed by atoms with Gasteiger partial charge in [-0.1, -0.05) is 11.6 Å². The number of esters is 1. The third kappa shape index (κ3) is 5.47. The molecule has 0 atom stereocenters. The van der Waals surface area contributed by atoms with Crippen molar-refractivity contribution < 1.29 is 19.1 Å². The van der Waals surface area contributed by atoms with Gasteiger partial charge in [0, 0.05) is 17.3 Å². The summed E-state index contributed by atoms with van der Waals surface area (Å²) in [6.45, 7) is 1.55. The van der Waals surface area contributed by atoms with E-state index in [2.05, 4.69) is 15.9 Å². The molecule has 2 aromatic rings. The van der Waals surface area contributed by atoms with Crippen LogP contribution in [0.2, 0.25) is 5.02 Å². The van der Waals surface area contributed by atoms with Crippen molar-refractivity contribution in [2.24, 2.45) is 0 Å². The molecule has 1 amide bonds. The van der Waals surface area contributed by atoms with Gasteiger partial charge in [0.2, 0.25) is 0 Å². The minimum atomic E-state index is -0.635. The van der Waals surface area contributed by atoms with Crippen LogP contribution < -0.4 is 9.64 Å². The van der Waals surface area contributed by atoms with Crippen molar-refractivity contribution in [1.29, 1.82) is 5.26 Å². The summed E-state index contributed by atoms with van der Waals surface area (Å²) in [7, 11) is 1.52. The molecule has 0 saturated carbocycles. The Bertz CT molecular complexity index is 927. The molecule has 0 aliphatic rings. The van der Waals surface area contributed by atoms with Crippen molar-refractivity contribution in [2.75, 3.05) is 25.2 Å². The van der Waals surface area contributed by atoms with E-state index in [1.165, 1.54) is 12.0 Å². The van der Waals surface area contributed by atoms with Gasteiger partial charge in [-0.15, -0.1) is 0 Å². The quantitative estimate of drug-likeness (QED) is 0.562. The predicted octanol–water partition coefficient (Wildman–Crippen LogP) is 4.52. The molecule has 0 bridgehead atoms. The van der Waals surface area contributed by atoms with Crippen molar-refractivity contribution in [2.45, 2.75) is 13.3 Å². The number of carbonyl (C=O) groups excluding carboxylic acids is 2. The fourth-order valence-electron chi connectivity index (χ4n) is 2.44. The number of benzene rings is 2. The molecule has 0 spiro atoms. The first-order valence-corrected chi connectivity index (χ1v) is 9.48. The molecule has 0 radical (unpaired) electrons. The lowest BCUT2D eigenvalue weighted by atomic mass is 10.2. The Hall–Kier alpha value is -2.56. The van der Waals surface area contributed by atoms with Gasteiger partial charge < -0.3 is 14.4 Å². The molecule has 0 unspecified atom stereocenters. The first-order valence-electron chi connectivity index (χ1n) is 8.31. The monoisotopic (exact) mass is 464 g/mol. The number of hydrogen-bond acceptors (Lipinski definition) is 5. The van der Waals surface area contributed by atoms with Crippen LogP contribution >= 0.6 is 27.5 Å². The van der Waals surface area contributed by atoms with Gasteiger partial charge in [-0.25, -0.2) is 4.79 Å². The summed E-state index contributed by atoms with van der Waals surface area (Å²) in [6.07, 6.45) is 0.146. The number of methoxy groups -OCH3 is 1. The van der Waals surface area contributed by atoms with Crippen LogP contribution in [0.15, 0.2) is 40.9 Å². The first kappa shape index (κ1) is 21.7. The van der Waals surface area contributed by atoms with E-state index in [9.17, 15) is 9.59 Å². The largest absolute Gasteiger partial charge is 0.496 e. The molecular weight excluding hydrogens is 448 g/mol. The van der Waals surface area contributed by atoms with Crippen LogP contribution in [0.5, 0.6) is 5.75 Å². The molecule has 0 fully saturated rings. The normalized spacial score (nSPS) is 10.1. The van der Waals surface area contributed by atoms with Crippen LogP contribution in [0, 0.1) is 18.3 Å². The van der Waals surface area contributed by atoms with Crippen LogP contribution in [0.1, 0.15) is 22.3 Å².